The highest BCUT2D eigenvalue weighted by atomic mass is 79.9. The van der Waals surface area contributed by atoms with E-state index in [-0.39, 0.29) is 5.91 Å². The van der Waals surface area contributed by atoms with E-state index in [0.717, 1.165) is 36.1 Å². The lowest BCUT2D eigenvalue weighted by Gasteiger charge is -2.21. The van der Waals surface area contributed by atoms with E-state index in [4.69, 9.17) is 11.6 Å². The fraction of sp³-hybridized carbons (Fsp3) is 0.500. The van der Waals surface area contributed by atoms with Gasteiger partial charge in [0, 0.05) is 17.6 Å². The zero-order chi connectivity index (χ0) is 13.7. The van der Waals surface area contributed by atoms with Crippen LogP contribution < -0.4 is 5.32 Å². The van der Waals surface area contributed by atoms with Crippen LogP contribution in [0.5, 0.6) is 0 Å². The second kappa shape index (κ2) is 7.15. The standard InChI is InChI=1S/C14H18BrClN2O/c15-11-5-6-12(16)13(9-11)17-10-14(19)18-7-3-1-2-4-8-18/h5-6,9,17H,1-4,7-8,10H2. The Morgan fingerprint density at radius 3 is 2.63 bits per heavy atom. The summed E-state index contributed by atoms with van der Waals surface area (Å²) in [4.78, 5) is 14.1. The maximum absolute atomic E-state index is 12.1. The van der Waals surface area contributed by atoms with E-state index >= 15 is 0 Å². The number of carbonyl (C=O) groups is 1. The van der Waals surface area contributed by atoms with Gasteiger partial charge in [-0.2, -0.15) is 0 Å². The van der Waals surface area contributed by atoms with Crippen molar-refractivity contribution in [3.05, 3.63) is 27.7 Å². The molecular weight excluding hydrogens is 328 g/mol. The smallest absolute Gasteiger partial charge is 0.241 e. The number of amides is 1. The number of nitrogens with one attached hydrogen (secondary N) is 1. The zero-order valence-electron chi connectivity index (χ0n) is 10.8. The number of benzene rings is 1. The molecule has 104 valence electrons. The van der Waals surface area contributed by atoms with Crippen LogP contribution in [-0.4, -0.2) is 30.4 Å². The van der Waals surface area contributed by atoms with Crippen molar-refractivity contribution >= 4 is 39.1 Å². The summed E-state index contributed by atoms with van der Waals surface area (Å²) in [5.41, 5.74) is 0.791. The van der Waals surface area contributed by atoms with Crippen molar-refractivity contribution < 1.29 is 4.79 Å². The average molecular weight is 346 g/mol. The molecule has 0 saturated carbocycles. The van der Waals surface area contributed by atoms with E-state index in [1.807, 2.05) is 23.1 Å². The van der Waals surface area contributed by atoms with Crippen LogP contribution in [-0.2, 0) is 4.79 Å². The molecule has 0 aromatic heterocycles. The molecule has 0 aliphatic carbocycles. The number of likely N-dealkylation sites (tertiary alicyclic amines) is 1. The summed E-state index contributed by atoms with van der Waals surface area (Å²) in [7, 11) is 0. The van der Waals surface area contributed by atoms with Crippen molar-refractivity contribution in [2.24, 2.45) is 0 Å². The second-order valence-corrected chi connectivity index (χ2v) is 6.10. The first-order valence-corrected chi connectivity index (χ1v) is 7.80. The molecule has 0 atom stereocenters. The summed E-state index contributed by atoms with van der Waals surface area (Å²) < 4.78 is 0.946. The number of nitrogens with zero attached hydrogens (tertiary/aromatic N) is 1. The number of halogens is 2. The molecule has 0 radical (unpaired) electrons. The normalized spacial score (nSPS) is 16.0. The molecule has 1 fully saturated rings. The first-order valence-electron chi connectivity index (χ1n) is 6.63. The number of anilines is 1. The van der Waals surface area contributed by atoms with E-state index in [1.165, 1.54) is 12.8 Å². The lowest BCUT2D eigenvalue weighted by Crippen LogP contribution is -2.36. The highest BCUT2D eigenvalue weighted by Crippen LogP contribution is 2.25. The number of hydrogen-bond acceptors (Lipinski definition) is 2. The molecule has 0 bridgehead atoms. The Bertz CT molecular complexity index is 445. The summed E-state index contributed by atoms with van der Waals surface area (Å²) in [6, 6.07) is 5.58. The van der Waals surface area contributed by atoms with Gasteiger partial charge in [0.2, 0.25) is 5.91 Å². The molecule has 1 N–H and O–H groups in total. The maximum atomic E-state index is 12.1. The minimum atomic E-state index is 0.151. The van der Waals surface area contributed by atoms with Gasteiger partial charge in [-0.05, 0) is 31.0 Å². The Morgan fingerprint density at radius 2 is 1.95 bits per heavy atom. The monoisotopic (exact) mass is 344 g/mol. The molecular formula is C14H18BrClN2O. The topological polar surface area (TPSA) is 32.3 Å². The van der Waals surface area contributed by atoms with E-state index in [2.05, 4.69) is 21.2 Å². The van der Waals surface area contributed by atoms with Crippen molar-refractivity contribution in [2.45, 2.75) is 25.7 Å². The third kappa shape index (κ3) is 4.39. The molecule has 1 amide bonds. The van der Waals surface area contributed by atoms with Crippen molar-refractivity contribution in [3.8, 4) is 0 Å². The van der Waals surface area contributed by atoms with Crippen LogP contribution in [0.1, 0.15) is 25.7 Å². The van der Waals surface area contributed by atoms with Gasteiger partial charge in [0.05, 0.1) is 17.3 Å². The summed E-state index contributed by atoms with van der Waals surface area (Å²) >= 11 is 9.48. The Hall–Kier alpha value is -0.740. The summed E-state index contributed by atoms with van der Waals surface area (Å²) in [6.07, 6.45) is 4.69. The fourth-order valence-electron chi connectivity index (χ4n) is 2.24. The van der Waals surface area contributed by atoms with Crippen LogP contribution >= 0.6 is 27.5 Å². The zero-order valence-corrected chi connectivity index (χ0v) is 13.1. The van der Waals surface area contributed by atoms with Crippen molar-refractivity contribution in [3.63, 3.8) is 0 Å². The number of hydrogen-bond donors (Lipinski definition) is 1. The maximum Gasteiger partial charge on any atom is 0.241 e. The van der Waals surface area contributed by atoms with Crippen LogP contribution in [0, 0.1) is 0 Å². The third-order valence-electron chi connectivity index (χ3n) is 3.32. The largest absolute Gasteiger partial charge is 0.375 e. The number of carbonyl (C=O) groups excluding carboxylic acids is 1. The third-order valence-corrected chi connectivity index (χ3v) is 4.14. The Kier molecular flexibility index (Phi) is 5.52. The minimum Gasteiger partial charge on any atom is -0.375 e. The van der Waals surface area contributed by atoms with Gasteiger partial charge in [0.1, 0.15) is 0 Å². The molecule has 1 saturated heterocycles. The van der Waals surface area contributed by atoms with Crippen molar-refractivity contribution in [1.82, 2.24) is 4.90 Å². The molecule has 1 aliphatic heterocycles. The van der Waals surface area contributed by atoms with Gasteiger partial charge in [-0.15, -0.1) is 0 Å². The summed E-state index contributed by atoms with van der Waals surface area (Å²) in [6.45, 7) is 2.07. The van der Waals surface area contributed by atoms with Crippen LogP contribution in [0.4, 0.5) is 5.69 Å². The summed E-state index contributed by atoms with van der Waals surface area (Å²) in [5.74, 6) is 0.151. The lowest BCUT2D eigenvalue weighted by atomic mass is 10.2. The van der Waals surface area contributed by atoms with Crippen molar-refractivity contribution in [1.29, 1.82) is 0 Å². The van der Waals surface area contributed by atoms with E-state index in [0.29, 0.717) is 11.6 Å². The summed E-state index contributed by atoms with van der Waals surface area (Å²) in [5, 5.41) is 3.75. The molecule has 2 rings (SSSR count). The van der Waals surface area contributed by atoms with Crippen LogP contribution in [0.25, 0.3) is 0 Å². The first kappa shape index (κ1) is 14.7. The number of rotatable bonds is 3. The second-order valence-electron chi connectivity index (χ2n) is 4.77. The first-order chi connectivity index (χ1) is 9.16. The van der Waals surface area contributed by atoms with Crippen LogP contribution in [0.2, 0.25) is 5.02 Å². The average Bonchev–Trinajstić information content (AvgIpc) is 2.68. The Balaban J connectivity index is 1.90. The molecule has 19 heavy (non-hydrogen) atoms. The molecule has 3 nitrogen and oxygen atoms in total. The SMILES string of the molecule is O=C(CNc1cc(Br)ccc1Cl)N1CCCCCC1. The fourth-order valence-corrected chi connectivity index (χ4v) is 2.78. The molecule has 1 aromatic carbocycles. The van der Waals surface area contributed by atoms with E-state index in [9.17, 15) is 4.79 Å². The van der Waals surface area contributed by atoms with Gasteiger partial charge in [-0.25, -0.2) is 0 Å². The van der Waals surface area contributed by atoms with Gasteiger partial charge in [0.25, 0.3) is 0 Å². The Morgan fingerprint density at radius 1 is 1.26 bits per heavy atom. The molecule has 0 spiro atoms. The van der Waals surface area contributed by atoms with Crippen LogP contribution in [0.15, 0.2) is 22.7 Å². The molecule has 5 heteroatoms. The lowest BCUT2D eigenvalue weighted by molar-refractivity contribution is -0.129. The van der Waals surface area contributed by atoms with Gasteiger partial charge in [-0.1, -0.05) is 40.4 Å². The molecule has 1 heterocycles. The molecule has 0 unspecified atom stereocenters. The van der Waals surface area contributed by atoms with E-state index < -0.39 is 0 Å². The van der Waals surface area contributed by atoms with Gasteiger partial charge >= 0.3 is 0 Å². The quantitative estimate of drug-likeness (QED) is 0.900. The Labute approximate surface area is 127 Å². The predicted molar refractivity (Wildman–Crippen MR) is 82.7 cm³/mol. The van der Waals surface area contributed by atoms with Crippen molar-refractivity contribution in [2.75, 3.05) is 25.0 Å². The van der Waals surface area contributed by atoms with E-state index in [1.54, 1.807) is 0 Å². The van der Waals surface area contributed by atoms with Gasteiger partial charge in [-0.3, -0.25) is 4.79 Å². The highest BCUT2D eigenvalue weighted by molar-refractivity contribution is 9.10. The van der Waals surface area contributed by atoms with Gasteiger partial charge < -0.3 is 10.2 Å². The molecule has 1 aliphatic rings. The minimum absolute atomic E-state index is 0.151. The molecule has 1 aromatic rings. The highest BCUT2D eigenvalue weighted by Gasteiger charge is 2.15. The predicted octanol–water partition coefficient (Wildman–Crippen LogP) is 3.92. The van der Waals surface area contributed by atoms with Gasteiger partial charge in [0.15, 0.2) is 0 Å². The van der Waals surface area contributed by atoms with Crippen LogP contribution in [0.3, 0.4) is 0 Å².